The summed E-state index contributed by atoms with van der Waals surface area (Å²) in [5.74, 6) is -2.20. The summed E-state index contributed by atoms with van der Waals surface area (Å²) < 4.78 is 39.9. The van der Waals surface area contributed by atoms with Gasteiger partial charge in [0.25, 0.3) is 0 Å². The topological polar surface area (TPSA) is 131 Å². The molecule has 0 amide bonds. The summed E-state index contributed by atoms with van der Waals surface area (Å²) >= 11 is 0. The second-order valence-corrected chi connectivity index (χ2v) is 9.14. The van der Waals surface area contributed by atoms with Crippen LogP contribution in [0.5, 0.6) is 5.88 Å². The van der Waals surface area contributed by atoms with Gasteiger partial charge in [0.1, 0.15) is 17.5 Å². The number of benzene rings is 1. The molecular weight excluding hydrogens is 491 g/mol. The van der Waals surface area contributed by atoms with Crippen LogP contribution in [-0.4, -0.2) is 66.4 Å². The van der Waals surface area contributed by atoms with Crippen molar-refractivity contribution >= 4 is 16.9 Å². The third-order valence-corrected chi connectivity index (χ3v) is 6.74. The molecule has 0 radical (unpaired) electrons. The van der Waals surface area contributed by atoms with E-state index in [1.54, 1.807) is 18.6 Å². The molecule has 1 aliphatic carbocycles. The molecule has 4 aromatic rings. The molecule has 10 nitrogen and oxygen atoms in total. The van der Waals surface area contributed by atoms with E-state index >= 15 is 0 Å². The summed E-state index contributed by atoms with van der Waals surface area (Å²) in [6, 6.07) is 8.22. The lowest BCUT2D eigenvalue weighted by Crippen LogP contribution is -2.45. The van der Waals surface area contributed by atoms with Crippen LogP contribution in [-0.2, 0) is 11.8 Å². The fourth-order valence-electron chi connectivity index (χ4n) is 4.54. The maximum absolute atomic E-state index is 10.6. The number of carboxylic acid groups (broad SMARTS) is 1. The number of piperidine rings is 1. The van der Waals surface area contributed by atoms with Gasteiger partial charge in [-0.25, -0.2) is 9.78 Å². The van der Waals surface area contributed by atoms with Crippen LogP contribution in [0, 0.1) is 5.41 Å². The fourth-order valence-corrected chi connectivity index (χ4v) is 4.54. The number of fused-ring (bicyclic) bond motifs is 1. The number of aromatic nitrogens is 6. The number of rotatable bonds is 4. The Bertz CT molecular complexity index is 1430. The zero-order valence-electron chi connectivity index (χ0n) is 19.8. The van der Waals surface area contributed by atoms with Crippen LogP contribution in [0.25, 0.3) is 33.5 Å². The predicted molar refractivity (Wildman–Crippen MR) is 127 cm³/mol. The summed E-state index contributed by atoms with van der Waals surface area (Å²) in [6.07, 6.45) is 3.97. The fraction of sp³-hybridized carbons (Fsp3) is 0.375. The number of H-pyrrole nitrogens is 1. The van der Waals surface area contributed by atoms with Crippen LogP contribution in [0.15, 0.2) is 42.9 Å². The van der Waals surface area contributed by atoms with E-state index in [9.17, 15) is 13.2 Å². The van der Waals surface area contributed by atoms with Crippen molar-refractivity contribution < 1.29 is 27.8 Å². The highest BCUT2D eigenvalue weighted by atomic mass is 19.4. The van der Waals surface area contributed by atoms with Gasteiger partial charge in [0.15, 0.2) is 0 Å². The number of aliphatic carboxylic acids is 1. The molecule has 6 rings (SSSR count). The minimum absolute atomic E-state index is 0.156. The third kappa shape index (κ3) is 5.12. The zero-order chi connectivity index (χ0) is 26.2. The molecule has 3 aromatic heterocycles. The Morgan fingerprint density at radius 3 is 2.68 bits per heavy atom. The lowest BCUT2D eigenvalue weighted by molar-refractivity contribution is -0.192. The molecule has 1 spiro atoms. The molecule has 1 aliphatic heterocycles. The number of halogens is 3. The highest BCUT2D eigenvalue weighted by Crippen LogP contribution is 2.53. The number of aromatic amines is 1. The first-order valence-corrected chi connectivity index (χ1v) is 11.6. The van der Waals surface area contributed by atoms with Gasteiger partial charge in [-0.05, 0) is 44.0 Å². The van der Waals surface area contributed by atoms with Gasteiger partial charge in [0.05, 0.1) is 23.6 Å². The average Bonchev–Trinajstić information content (AvgIpc) is 3.29. The van der Waals surface area contributed by atoms with E-state index in [1.807, 2.05) is 23.9 Å². The Kier molecular flexibility index (Phi) is 6.31. The number of hydrogen-bond acceptors (Lipinski definition) is 7. The monoisotopic (exact) mass is 515 g/mol. The Morgan fingerprint density at radius 1 is 1.22 bits per heavy atom. The molecule has 2 fully saturated rings. The first kappa shape index (κ1) is 24.7. The zero-order valence-corrected chi connectivity index (χ0v) is 19.8. The maximum Gasteiger partial charge on any atom is 0.490 e. The standard InChI is InChI=1S/C22H23N7O.C2HF3O2/c1-29-18(4-8-25-29)14-2-3-16-15(10-14)21(28-27-16)17-11-24-13-20(26-17)30-19-12-23-9-7-22(19)5-6-22;3-2(4,5)1(6)7/h2-4,8,10-11,13,19,23H,5-7,9,12H2,1H3,(H,27,28);(H,6,7)/t19-;/m0./s1. The molecule has 1 aromatic carbocycles. The number of nitrogens with one attached hydrogen (secondary N) is 2. The molecule has 1 atom stereocenters. The molecule has 3 N–H and O–H groups in total. The van der Waals surface area contributed by atoms with Crippen LogP contribution in [0.2, 0.25) is 0 Å². The van der Waals surface area contributed by atoms with E-state index < -0.39 is 12.1 Å². The molecule has 0 bridgehead atoms. The molecule has 194 valence electrons. The number of ether oxygens (including phenoxy) is 1. The maximum atomic E-state index is 10.6. The van der Waals surface area contributed by atoms with Crippen LogP contribution in [0.3, 0.4) is 0 Å². The van der Waals surface area contributed by atoms with Crippen LogP contribution in [0.1, 0.15) is 19.3 Å². The molecule has 4 heterocycles. The molecule has 2 aliphatic rings. The van der Waals surface area contributed by atoms with Crippen molar-refractivity contribution in [2.75, 3.05) is 13.1 Å². The van der Waals surface area contributed by atoms with Crippen molar-refractivity contribution in [3.63, 3.8) is 0 Å². The van der Waals surface area contributed by atoms with Gasteiger partial charge in [-0.15, -0.1) is 0 Å². The lowest BCUT2D eigenvalue weighted by atomic mass is 9.92. The Hall–Kier alpha value is -4.00. The van der Waals surface area contributed by atoms with Gasteiger partial charge < -0.3 is 15.2 Å². The number of hydrogen-bond donors (Lipinski definition) is 3. The molecule has 37 heavy (non-hydrogen) atoms. The smallest absolute Gasteiger partial charge is 0.475 e. The van der Waals surface area contributed by atoms with E-state index in [4.69, 9.17) is 19.6 Å². The third-order valence-electron chi connectivity index (χ3n) is 6.74. The first-order chi connectivity index (χ1) is 17.7. The molecule has 1 saturated carbocycles. The highest BCUT2D eigenvalue weighted by Gasteiger charge is 2.52. The van der Waals surface area contributed by atoms with Gasteiger partial charge in [-0.2, -0.15) is 23.4 Å². The van der Waals surface area contributed by atoms with E-state index in [-0.39, 0.29) is 6.10 Å². The summed E-state index contributed by atoms with van der Waals surface area (Å²) in [5.41, 5.74) is 4.89. The Labute approximate surface area is 208 Å². The summed E-state index contributed by atoms with van der Waals surface area (Å²) in [5, 5.41) is 23.5. The summed E-state index contributed by atoms with van der Waals surface area (Å²) in [7, 11) is 1.94. The summed E-state index contributed by atoms with van der Waals surface area (Å²) in [4.78, 5) is 18.0. The second-order valence-electron chi connectivity index (χ2n) is 9.14. The highest BCUT2D eigenvalue weighted by molar-refractivity contribution is 5.94. The van der Waals surface area contributed by atoms with Gasteiger partial charge in [0, 0.05) is 36.2 Å². The van der Waals surface area contributed by atoms with Crippen LogP contribution in [0.4, 0.5) is 13.2 Å². The van der Waals surface area contributed by atoms with Gasteiger partial charge in [-0.1, -0.05) is 6.07 Å². The van der Waals surface area contributed by atoms with E-state index in [1.165, 1.54) is 19.3 Å². The van der Waals surface area contributed by atoms with Crippen molar-refractivity contribution in [1.29, 1.82) is 0 Å². The predicted octanol–water partition coefficient (Wildman–Crippen LogP) is 3.57. The van der Waals surface area contributed by atoms with Gasteiger partial charge in [-0.3, -0.25) is 14.8 Å². The number of carboxylic acids is 1. The minimum Gasteiger partial charge on any atom is -0.475 e. The largest absolute Gasteiger partial charge is 0.490 e. The first-order valence-electron chi connectivity index (χ1n) is 11.6. The number of carbonyl (C=O) groups is 1. The van der Waals surface area contributed by atoms with Crippen molar-refractivity contribution in [3.05, 3.63) is 42.9 Å². The van der Waals surface area contributed by atoms with E-state index in [2.05, 4.69) is 37.7 Å². The average molecular weight is 515 g/mol. The SMILES string of the molecule is Cn1nccc1-c1ccc2[nH]nc(-c3cncc(O[C@H]4CNCCC45CC5)n3)c2c1.O=C(O)C(F)(F)F. The van der Waals surface area contributed by atoms with E-state index in [0.717, 1.165) is 40.9 Å². The number of aryl methyl sites for hydroxylation is 1. The number of nitrogens with zero attached hydrogens (tertiary/aromatic N) is 5. The molecular formula is C24H24F3N7O3. The normalized spacial score (nSPS) is 18.3. The van der Waals surface area contributed by atoms with Crippen molar-refractivity contribution in [3.8, 4) is 28.5 Å². The lowest BCUT2D eigenvalue weighted by Gasteiger charge is -2.32. The van der Waals surface area contributed by atoms with E-state index in [0.29, 0.717) is 17.0 Å². The molecule has 1 saturated heterocycles. The Morgan fingerprint density at radius 2 is 2.00 bits per heavy atom. The van der Waals surface area contributed by atoms with Crippen molar-refractivity contribution in [2.45, 2.75) is 31.5 Å². The summed E-state index contributed by atoms with van der Waals surface area (Å²) in [6.45, 7) is 1.94. The quantitative estimate of drug-likeness (QED) is 0.376. The molecule has 0 unspecified atom stereocenters. The minimum atomic E-state index is -5.08. The van der Waals surface area contributed by atoms with Crippen LogP contribution >= 0.6 is 0 Å². The second kappa shape index (κ2) is 9.47. The number of alkyl halides is 3. The Balaban J connectivity index is 0.000000355. The van der Waals surface area contributed by atoms with Gasteiger partial charge >= 0.3 is 12.1 Å². The van der Waals surface area contributed by atoms with Gasteiger partial charge in [0.2, 0.25) is 5.88 Å². The van der Waals surface area contributed by atoms with Crippen molar-refractivity contribution in [1.82, 2.24) is 35.3 Å². The molecule has 13 heteroatoms. The van der Waals surface area contributed by atoms with Crippen LogP contribution < -0.4 is 10.1 Å². The van der Waals surface area contributed by atoms with Crippen molar-refractivity contribution in [2.24, 2.45) is 12.5 Å².